The van der Waals surface area contributed by atoms with E-state index in [9.17, 15) is 9.59 Å². The standard InChI is InChI=1S/C22H29N5O2S/c1-3-11-23-22(29)17-7-5-12-27(14-17)19-9-10-21(26-25-19)30-15-20(28)24-18-8-4-6-16(2)13-18/h4,6,8-10,13,17H,3,5,7,11-12,14-15H2,1-2H3,(H,23,29)(H,24,28). The number of carbonyl (C=O) groups excluding carboxylic acids is 2. The van der Waals surface area contributed by atoms with Gasteiger partial charge in [-0.05, 0) is 56.0 Å². The molecule has 1 aliphatic rings. The van der Waals surface area contributed by atoms with Gasteiger partial charge in [-0.2, -0.15) is 0 Å². The molecule has 160 valence electrons. The molecular formula is C22H29N5O2S. The third-order valence-corrected chi connectivity index (χ3v) is 5.86. The van der Waals surface area contributed by atoms with Crippen molar-refractivity contribution in [2.45, 2.75) is 38.1 Å². The number of hydrogen-bond acceptors (Lipinski definition) is 6. The second-order valence-corrected chi connectivity index (χ2v) is 8.51. The van der Waals surface area contributed by atoms with Crippen LogP contribution in [0.2, 0.25) is 0 Å². The lowest BCUT2D eigenvalue weighted by molar-refractivity contribution is -0.125. The summed E-state index contributed by atoms with van der Waals surface area (Å²) in [6, 6.07) is 11.5. The Morgan fingerprint density at radius 1 is 1.23 bits per heavy atom. The van der Waals surface area contributed by atoms with Gasteiger partial charge >= 0.3 is 0 Å². The Balaban J connectivity index is 1.49. The van der Waals surface area contributed by atoms with Crippen LogP contribution in [-0.2, 0) is 9.59 Å². The molecule has 2 heterocycles. The molecule has 1 saturated heterocycles. The fourth-order valence-corrected chi connectivity index (χ4v) is 4.02. The molecule has 0 spiro atoms. The van der Waals surface area contributed by atoms with Crippen molar-refractivity contribution in [1.29, 1.82) is 0 Å². The number of thioether (sulfide) groups is 1. The van der Waals surface area contributed by atoms with Gasteiger partial charge in [0.2, 0.25) is 11.8 Å². The summed E-state index contributed by atoms with van der Waals surface area (Å²) in [6.45, 7) is 6.30. The Hall–Kier alpha value is -2.61. The minimum atomic E-state index is -0.0755. The Morgan fingerprint density at radius 2 is 2.10 bits per heavy atom. The largest absolute Gasteiger partial charge is 0.356 e. The van der Waals surface area contributed by atoms with Gasteiger partial charge in [-0.3, -0.25) is 9.59 Å². The van der Waals surface area contributed by atoms with Crippen LogP contribution in [0.5, 0.6) is 0 Å². The SMILES string of the molecule is CCCNC(=O)C1CCCN(c2ccc(SCC(=O)Nc3cccc(C)c3)nn2)C1. The van der Waals surface area contributed by atoms with Crippen LogP contribution in [0, 0.1) is 12.8 Å². The lowest BCUT2D eigenvalue weighted by Gasteiger charge is -2.32. The molecule has 3 rings (SSSR count). The first-order chi connectivity index (χ1) is 14.5. The van der Waals surface area contributed by atoms with E-state index in [-0.39, 0.29) is 23.5 Å². The Kier molecular flexibility index (Phi) is 8.07. The van der Waals surface area contributed by atoms with Gasteiger partial charge < -0.3 is 15.5 Å². The summed E-state index contributed by atoms with van der Waals surface area (Å²) < 4.78 is 0. The average molecular weight is 428 g/mol. The van der Waals surface area contributed by atoms with Crippen LogP contribution >= 0.6 is 11.8 Å². The lowest BCUT2D eigenvalue weighted by Crippen LogP contribution is -2.43. The van der Waals surface area contributed by atoms with E-state index >= 15 is 0 Å². The quantitative estimate of drug-likeness (QED) is 0.629. The molecule has 0 aliphatic carbocycles. The summed E-state index contributed by atoms with van der Waals surface area (Å²) in [5.74, 6) is 1.09. The molecule has 1 aromatic carbocycles. The molecule has 2 amide bonds. The van der Waals surface area contributed by atoms with E-state index in [1.165, 1.54) is 11.8 Å². The van der Waals surface area contributed by atoms with E-state index in [1.54, 1.807) is 0 Å². The zero-order valence-electron chi connectivity index (χ0n) is 17.6. The number of aryl methyl sites for hydroxylation is 1. The first-order valence-electron chi connectivity index (χ1n) is 10.4. The van der Waals surface area contributed by atoms with Crippen LogP contribution in [0.1, 0.15) is 31.7 Å². The molecule has 1 unspecified atom stereocenters. The van der Waals surface area contributed by atoms with Gasteiger partial charge in [-0.1, -0.05) is 30.8 Å². The number of amides is 2. The normalized spacial score (nSPS) is 16.2. The molecule has 1 aliphatic heterocycles. The third-order valence-electron chi connectivity index (χ3n) is 4.94. The monoisotopic (exact) mass is 427 g/mol. The molecule has 2 aromatic rings. The van der Waals surface area contributed by atoms with Crippen LogP contribution in [-0.4, -0.2) is 47.4 Å². The number of piperidine rings is 1. The van der Waals surface area contributed by atoms with E-state index < -0.39 is 0 Å². The van der Waals surface area contributed by atoms with Gasteiger partial charge in [0.1, 0.15) is 5.03 Å². The number of nitrogens with zero attached hydrogens (tertiary/aromatic N) is 3. The molecule has 2 N–H and O–H groups in total. The smallest absolute Gasteiger partial charge is 0.234 e. The van der Waals surface area contributed by atoms with E-state index in [0.29, 0.717) is 11.6 Å². The minimum Gasteiger partial charge on any atom is -0.356 e. The van der Waals surface area contributed by atoms with Crippen LogP contribution in [0.4, 0.5) is 11.5 Å². The highest BCUT2D eigenvalue weighted by molar-refractivity contribution is 7.99. The van der Waals surface area contributed by atoms with Gasteiger partial charge in [-0.15, -0.1) is 10.2 Å². The van der Waals surface area contributed by atoms with E-state index in [0.717, 1.165) is 49.4 Å². The second kappa shape index (κ2) is 11.0. The highest BCUT2D eigenvalue weighted by atomic mass is 32.2. The molecule has 8 heteroatoms. The van der Waals surface area contributed by atoms with Crippen molar-refractivity contribution in [3.05, 3.63) is 42.0 Å². The summed E-state index contributed by atoms with van der Waals surface area (Å²) in [6.07, 6.45) is 2.81. The molecule has 1 atom stereocenters. The number of nitrogens with one attached hydrogen (secondary N) is 2. The van der Waals surface area contributed by atoms with Crippen molar-refractivity contribution in [3.8, 4) is 0 Å². The summed E-state index contributed by atoms with van der Waals surface area (Å²) in [7, 11) is 0. The summed E-state index contributed by atoms with van der Waals surface area (Å²) in [5, 5.41) is 15.2. The number of carbonyl (C=O) groups is 2. The summed E-state index contributed by atoms with van der Waals surface area (Å²) in [4.78, 5) is 26.5. The molecule has 0 saturated carbocycles. The Bertz CT molecular complexity index is 859. The molecule has 7 nitrogen and oxygen atoms in total. The molecule has 1 fully saturated rings. The number of anilines is 2. The van der Waals surface area contributed by atoms with Crippen LogP contribution in [0.25, 0.3) is 0 Å². The van der Waals surface area contributed by atoms with Crippen molar-refractivity contribution >= 4 is 35.1 Å². The zero-order valence-corrected chi connectivity index (χ0v) is 18.4. The van der Waals surface area contributed by atoms with Crippen LogP contribution in [0.15, 0.2) is 41.4 Å². The van der Waals surface area contributed by atoms with Crippen molar-refractivity contribution in [1.82, 2.24) is 15.5 Å². The Labute approximate surface area is 182 Å². The summed E-state index contributed by atoms with van der Waals surface area (Å²) in [5.41, 5.74) is 1.90. The number of aromatic nitrogens is 2. The topological polar surface area (TPSA) is 87.2 Å². The Morgan fingerprint density at radius 3 is 2.83 bits per heavy atom. The van der Waals surface area contributed by atoms with E-state index in [4.69, 9.17) is 0 Å². The zero-order chi connectivity index (χ0) is 21.3. The lowest BCUT2D eigenvalue weighted by atomic mass is 9.97. The van der Waals surface area contributed by atoms with Crippen molar-refractivity contribution in [3.63, 3.8) is 0 Å². The number of rotatable bonds is 8. The third kappa shape index (κ3) is 6.45. The predicted molar refractivity (Wildman–Crippen MR) is 121 cm³/mol. The minimum absolute atomic E-state index is 0.00790. The number of benzene rings is 1. The highest BCUT2D eigenvalue weighted by Crippen LogP contribution is 2.23. The maximum Gasteiger partial charge on any atom is 0.234 e. The predicted octanol–water partition coefficient (Wildman–Crippen LogP) is 3.26. The average Bonchev–Trinajstić information content (AvgIpc) is 2.76. The van der Waals surface area contributed by atoms with E-state index in [2.05, 4.69) is 32.7 Å². The second-order valence-electron chi connectivity index (χ2n) is 7.51. The molecular weight excluding hydrogens is 398 g/mol. The van der Waals surface area contributed by atoms with Gasteiger partial charge in [0, 0.05) is 25.3 Å². The maximum atomic E-state index is 12.3. The first-order valence-corrected chi connectivity index (χ1v) is 11.4. The molecule has 1 aromatic heterocycles. The van der Waals surface area contributed by atoms with Crippen molar-refractivity contribution < 1.29 is 9.59 Å². The van der Waals surface area contributed by atoms with Crippen LogP contribution in [0.3, 0.4) is 0 Å². The summed E-state index contributed by atoms with van der Waals surface area (Å²) >= 11 is 1.35. The maximum absolute atomic E-state index is 12.3. The van der Waals surface area contributed by atoms with Gasteiger partial charge in [0.05, 0.1) is 11.7 Å². The number of hydrogen-bond donors (Lipinski definition) is 2. The highest BCUT2D eigenvalue weighted by Gasteiger charge is 2.26. The molecule has 30 heavy (non-hydrogen) atoms. The fraction of sp³-hybridized carbons (Fsp3) is 0.455. The van der Waals surface area contributed by atoms with Crippen molar-refractivity contribution in [2.24, 2.45) is 5.92 Å². The molecule has 0 radical (unpaired) electrons. The van der Waals surface area contributed by atoms with Crippen molar-refractivity contribution in [2.75, 3.05) is 35.6 Å². The van der Waals surface area contributed by atoms with Gasteiger partial charge in [0.25, 0.3) is 0 Å². The fourth-order valence-electron chi connectivity index (χ4n) is 3.41. The first kappa shape index (κ1) is 22.1. The van der Waals surface area contributed by atoms with Gasteiger partial charge in [-0.25, -0.2) is 0 Å². The molecule has 0 bridgehead atoms. The van der Waals surface area contributed by atoms with E-state index in [1.807, 2.05) is 43.3 Å². The van der Waals surface area contributed by atoms with Crippen LogP contribution < -0.4 is 15.5 Å². The van der Waals surface area contributed by atoms with Gasteiger partial charge in [0.15, 0.2) is 5.82 Å².